The highest BCUT2D eigenvalue weighted by atomic mass is 32.2. The quantitative estimate of drug-likeness (QED) is 0.875. The highest BCUT2D eigenvalue weighted by Gasteiger charge is 2.29. The highest BCUT2D eigenvalue weighted by Crippen LogP contribution is 2.38. The molecule has 1 aromatic heterocycles. The molecular formula is C16H18N2O2S. The van der Waals surface area contributed by atoms with Crippen molar-refractivity contribution >= 4 is 15.5 Å². The molecule has 2 aromatic rings. The third-order valence-electron chi connectivity index (χ3n) is 3.90. The summed E-state index contributed by atoms with van der Waals surface area (Å²) in [4.78, 5) is 6.78. The molecule has 0 saturated carbocycles. The Kier molecular flexibility index (Phi) is 3.68. The van der Waals surface area contributed by atoms with E-state index in [1.165, 1.54) is 6.26 Å². The summed E-state index contributed by atoms with van der Waals surface area (Å²) in [5.41, 5.74) is 1.93. The molecule has 5 heteroatoms. The van der Waals surface area contributed by atoms with Gasteiger partial charge in [-0.25, -0.2) is 8.42 Å². The molecule has 4 nitrogen and oxygen atoms in total. The van der Waals surface area contributed by atoms with Gasteiger partial charge in [0.05, 0.1) is 16.6 Å². The molecule has 0 spiro atoms. The van der Waals surface area contributed by atoms with Gasteiger partial charge < -0.3 is 4.90 Å². The van der Waals surface area contributed by atoms with Gasteiger partial charge in [-0.15, -0.1) is 0 Å². The van der Waals surface area contributed by atoms with Crippen LogP contribution in [0.2, 0.25) is 0 Å². The Morgan fingerprint density at radius 3 is 2.71 bits per heavy atom. The van der Waals surface area contributed by atoms with E-state index in [9.17, 15) is 8.42 Å². The van der Waals surface area contributed by atoms with Crippen molar-refractivity contribution in [2.24, 2.45) is 0 Å². The van der Waals surface area contributed by atoms with Gasteiger partial charge in [-0.2, -0.15) is 0 Å². The predicted molar refractivity (Wildman–Crippen MR) is 83.1 cm³/mol. The number of sulfone groups is 1. The van der Waals surface area contributed by atoms with Crippen LogP contribution in [0.1, 0.15) is 24.4 Å². The Balaban J connectivity index is 2.04. The van der Waals surface area contributed by atoms with Crippen LogP contribution in [-0.2, 0) is 9.84 Å². The van der Waals surface area contributed by atoms with Gasteiger partial charge in [0.2, 0.25) is 0 Å². The molecule has 1 atom stereocenters. The van der Waals surface area contributed by atoms with E-state index >= 15 is 0 Å². The van der Waals surface area contributed by atoms with Crippen LogP contribution in [-0.4, -0.2) is 26.2 Å². The lowest BCUT2D eigenvalue weighted by Crippen LogP contribution is -2.24. The van der Waals surface area contributed by atoms with E-state index in [1.807, 2.05) is 24.4 Å². The average molecular weight is 302 g/mol. The number of hydrogen-bond acceptors (Lipinski definition) is 4. The van der Waals surface area contributed by atoms with Gasteiger partial charge in [0.25, 0.3) is 0 Å². The van der Waals surface area contributed by atoms with Crippen molar-refractivity contribution < 1.29 is 8.42 Å². The molecule has 110 valence electrons. The molecule has 0 bridgehead atoms. The second kappa shape index (κ2) is 5.48. The van der Waals surface area contributed by atoms with E-state index in [4.69, 9.17) is 0 Å². The summed E-state index contributed by atoms with van der Waals surface area (Å²) in [7, 11) is -3.23. The first kappa shape index (κ1) is 14.1. The van der Waals surface area contributed by atoms with Crippen molar-refractivity contribution in [3.05, 3.63) is 54.4 Å². The summed E-state index contributed by atoms with van der Waals surface area (Å²) >= 11 is 0. The fourth-order valence-electron chi connectivity index (χ4n) is 2.98. The standard InChI is InChI=1S/C16H18N2O2S/c1-21(19,20)16-9-3-2-7-15(16)18-11-5-8-14(18)13-6-4-10-17-12-13/h2-4,6-7,9-10,12,14H,5,8,11H2,1H3. The Morgan fingerprint density at radius 2 is 2.00 bits per heavy atom. The minimum atomic E-state index is -3.23. The van der Waals surface area contributed by atoms with Crippen molar-refractivity contribution in [2.75, 3.05) is 17.7 Å². The van der Waals surface area contributed by atoms with E-state index in [2.05, 4.69) is 16.0 Å². The molecule has 1 unspecified atom stereocenters. The number of pyridine rings is 1. The second-order valence-electron chi connectivity index (χ2n) is 5.38. The largest absolute Gasteiger partial charge is 0.363 e. The van der Waals surface area contributed by atoms with E-state index < -0.39 is 9.84 Å². The number of benzene rings is 1. The van der Waals surface area contributed by atoms with Crippen LogP contribution >= 0.6 is 0 Å². The zero-order chi connectivity index (χ0) is 14.9. The predicted octanol–water partition coefficient (Wildman–Crippen LogP) is 2.83. The fourth-order valence-corrected chi connectivity index (χ4v) is 3.87. The molecule has 2 heterocycles. The van der Waals surface area contributed by atoms with Crippen LogP contribution in [0, 0.1) is 0 Å². The molecule has 3 rings (SSSR count). The van der Waals surface area contributed by atoms with Gasteiger partial charge in [0.15, 0.2) is 9.84 Å². The van der Waals surface area contributed by atoms with Gasteiger partial charge in [0.1, 0.15) is 0 Å². The molecule has 1 saturated heterocycles. The molecule has 0 amide bonds. The Hall–Kier alpha value is -1.88. The van der Waals surface area contributed by atoms with Crippen LogP contribution in [0.4, 0.5) is 5.69 Å². The minimum Gasteiger partial charge on any atom is -0.363 e. The molecule has 1 aliphatic heterocycles. The van der Waals surface area contributed by atoms with E-state index in [0.29, 0.717) is 4.90 Å². The number of hydrogen-bond donors (Lipinski definition) is 0. The monoisotopic (exact) mass is 302 g/mol. The fraction of sp³-hybridized carbons (Fsp3) is 0.312. The molecule has 1 aromatic carbocycles. The normalized spacial score (nSPS) is 18.9. The smallest absolute Gasteiger partial charge is 0.177 e. The van der Waals surface area contributed by atoms with Gasteiger partial charge in [0, 0.05) is 25.2 Å². The molecule has 0 radical (unpaired) electrons. The van der Waals surface area contributed by atoms with Crippen molar-refractivity contribution in [1.29, 1.82) is 0 Å². The number of aromatic nitrogens is 1. The SMILES string of the molecule is CS(=O)(=O)c1ccccc1N1CCCC1c1cccnc1. The lowest BCUT2D eigenvalue weighted by molar-refractivity contribution is 0.601. The van der Waals surface area contributed by atoms with E-state index in [0.717, 1.165) is 30.6 Å². The summed E-state index contributed by atoms with van der Waals surface area (Å²) in [5, 5.41) is 0. The molecule has 1 fully saturated rings. The van der Waals surface area contributed by atoms with E-state index in [-0.39, 0.29) is 6.04 Å². The average Bonchev–Trinajstić information content (AvgIpc) is 2.96. The molecule has 1 aliphatic rings. The van der Waals surface area contributed by atoms with Crippen molar-refractivity contribution in [2.45, 2.75) is 23.8 Å². The topological polar surface area (TPSA) is 50.3 Å². The number of rotatable bonds is 3. The number of para-hydroxylation sites is 1. The Morgan fingerprint density at radius 1 is 1.19 bits per heavy atom. The Labute approximate surface area is 125 Å². The zero-order valence-electron chi connectivity index (χ0n) is 11.9. The van der Waals surface area contributed by atoms with Crippen molar-refractivity contribution in [1.82, 2.24) is 4.98 Å². The number of anilines is 1. The van der Waals surface area contributed by atoms with Crippen LogP contribution in [0.5, 0.6) is 0 Å². The highest BCUT2D eigenvalue weighted by molar-refractivity contribution is 7.90. The maximum Gasteiger partial charge on any atom is 0.177 e. The third-order valence-corrected chi connectivity index (χ3v) is 5.04. The third kappa shape index (κ3) is 2.78. The van der Waals surface area contributed by atoms with Gasteiger partial charge in [-0.1, -0.05) is 18.2 Å². The Bertz CT molecular complexity index is 729. The van der Waals surface area contributed by atoms with Gasteiger partial charge in [-0.05, 0) is 36.6 Å². The first-order chi connectivity index (χ1) is 10.1. The van der Waals surface area contributed by atoms with Crippen LogP contribution in [0.15, 0.2) is 53.7 Å². The summed E-state index contributed by atoms with van der Waals surface area (Å²) < 4.78 is 24.0. The molecule has 0 aliphatic carbocycles. The van der Waals surface area contributed by atoms with Gasteiger partial charge in [-0.3, -0.25) is 4.98 Å². The summed E-state index contributed by atoms with van der Waals surface area (Å²) in [5.74, 6) is 0. The second-order valence-corrected chi connectivity index (χ2v) is 7.36. The maximum atomic E-state index is 12.0. The van der Waals surface area contributed by atoms with Gasteiger partial charge >= 0.3 is 0 Å². The van der Waals surface area contributed by atoms with Crippen LogP contribution < -0.4 is 4.90 Å². The molecule has 0 N–H and O–H groups in total. The number of nitrogens with zero attached hydrogens (tertiary/aromatic N) is 2. The summed E-state index contributed by atoms with van der Waals surface area (Å²) in [6, 6.07) is 11.4. The van der Waals surface area contributed by atoms with Crippen molar-refractivity contribution in [3.8, 4) is 0 Å². The van der Waals surface area contributed by atoms with Crippen molar-refractivity contribution in [3.63, 3.8) is 0 Å². The minimum absolute atomic E-state index is 0.196. The lowest BCUT2D eigenvalue weighted by Gasteiger charge is -2.28. The first-order valence-electron chi connectivity index (χ1n) is 7.03. The van der Waals surface area contributed by atoms with Crippen LogP contribution in [0.25, 0.3) is 0 Å². The summed E-state index contributed by atoms with van der Waals surface area (Å²) in [6.07, 6.45) is 6.96. The lowest BCUT2D eigenvalue weighted by atomic mass is 10.1. The zero-order valence-corrected chi connectivity index (χ0v) is 12.8. The van der Waals surface area contributed by atoms with E-state index in [1.54, 1.807) is 18.3 Å². The molecule has 21 heavy (non-hydrogen) atoms. The molecular weight excluding hydrogens is 284 g/mol. The maximum absolute atomic E-state index is 12.0. The van der Waals surface area contributed by atoms with Crippen LogP contribution in [0.3, 0.4) is 0 Å². The first-order valence-corrected chi connectivity index (χ1v) is 8.92. The summed E-state index contributed by atoms with van der Waals surface area (Å²) in [6.45, 7) is 0.867.